The van der Waals surface area contributed by atoms with Crippen LogP contribution < -0.4 is 0 Å². The van der Waals surface area contributed by atoms with Crippen LogP contribution in [0.4, 0.5) is 0 Å². The SMILES string of the molecule is CCC(C)=CN(C)C.Cl. The van der Waals surface area contributed by atoms with Crippen molar-refractivity contribution in [3.63, 3.8) is 0 Å². The van der Waals surface area contributed by atoms with Gasteiger partial charge in [0.1, 0.15) is 0 Å². The van der Waals surface area contributed by atoms with Crippen LogP contribution in [0, 0.1) is 0 Å². The number of allylic oxidation sites excluding steroid dienone is 1. The van der Waals surface area contributed by atoms with Crippen LogP contribution >= 0.6 is 12.4 Å². The van der Waals surface area contributed by atoms with Gasteiger partial charge in [-0.05, 0) is 19.5 Å². The summed E-state index contributed by atoms with van der Waals surface area (Å²) in [7, 11) is 4.08. The Kier molecular flexibility index (Phi) is 7.68. The molecule has 0 aliphatic carbocycles. The number of hydrogen-bond donors (Lipinski definition) is 0. The van der Waals surface area contributed by atoms with Crippen LogP contribution in [0.1, 0.15) is 20.3 Å². The van der Waals surface area contributed by atoms with Gasteiger partial charge in [-0.15, -0.1) is 12.4 Å². The minimum atomic E-state index is 0. The van der Waals surface area contributed by atoms with Crippen LogP contribution in [-0.2, 0) is 0 Å². The van der Waals surface area contributed by atoms with E-state index < -0.39 is 0 Å². The first-order valence-corrected chi connectivity index (χ1v) is 3.00. The molecule has 0 aliphatic heterocycles. The maximum Gasteiger partial charge on any atom is 0.00556 e. The van der Waals surface area contributed by atoms with Gasteiger partial charge in [-0.3, -0.25) is 0 Å². The summed E-state index contributed by atoms with van der Waals surface area (Å²) in [5.41, 5.74) is 1.43. The van der Waals surface area contributed by atoms with Crippen LogP contribution in [0.2, 0.25) is 0 Å². The largest absolute Gasteiger partial charge is 0.384 e. The fourth-order valence-electron chi connectivity index (χ4n) is 0.532. The molecule has 0 fully saturated rings. The highest BCUT2D eigenvalue weighted by atomic mass is 35.5. The first-order chi connectivity index (χ1) is 3.66. The molecule has 0 N–H and O–H groups in total. The molecule has 0 bridgehead atoms. The summed E-state index contributed by atoms with van der Waals surface area (Å²) < 4.78 is 0. The Hall–Kier alpha value is -0.170. The van der Waals surface area contributed by atoms with Gasteiger partial charge >= 0.3 is 0 Å². The predicted molar refractivity (Wildman–Crippen MR) is 45.0 cm³/mol. The fraction of sp³-hybridized carbons (Fsp3) is 0.714. The first-order valence-electron chi connectivity index (χ1n) is 3.00. The van der Waals surface area contributed by atoms with Crippen molar-refractivity contribution in [1.29, 1.82) is 0 Å². The Balaban J connectivity index is 0. The second-order valence-corrected chi connectivity index (χ2v) is 2.29. The van der Waals surface area contributed by atoms with Crippen molar-refractivity contribution in [1.82, 2.24) is 4.90 Å². The second kappa shape index (κ2) is 5.96. The smallest absolute Gasteiger partial charge is 0.00556 e. The lowest BCUT2D eigenvalue weighted by molar-refractivity contribution is 0.556. The molecule has 9 heavy (non-hydrogen) atoms. The lowest BCUT2D eigenvalue weighted by Gasteiger charge is -2.05. The third kappa shape index (κ3) is 7.83. The van der Waals surface area contributed by atoms with Crippen LogP contribution in [0.5, 0.6) is 0 Å². The molecule has 0 aromatic carbocycles. The normalized spacial score (nSPS) is 10.4. The van der Waals surface area contributed by atoms with Crippen molar-refractivity contribution >= 4 is 12.4 Å². The molecule has 1 nitrogen and oxygen atoms in total. The van der Waals surface area contributed by atoms with Crippen molar-refractivity contribution in [3.05, 3.63) is 11.8 Å². The summed E-state index contributed by atoms with van der Waals surface area (Å²) in [5.74, 6) is 0. The third-order valence-electron chi connectivity index (χ3n) is 1.04. The van der Waals surface area contributed by atoms with Gasteiger partial charge in [-0.2, -0.15) is 0 Å². The van der Waals surface area contributed by atoms with E-state index in [1.165, 1.54) is 5.57 Å². The maximum atomic E-state index is 2.16. The highest BCUT2D eigenvalue weighted by Crippen LogP contribution is 1.97. The summed E-state index contributed by atoms with van der Waals surface area (Å²) in [6.07, 6.45) is 3.29. The van der Waals surface area contributed by atoms with Gasteiger partial charge in [-0.25, -0.2) is 0 Å². The van der Waals surface area contributed by atoms with Gasteiger partial charge in [0.25, 0.3) is 0 Å². The second-order valence-electron chi connectivity index (χ2n) is 2.29. The lowest BCUT2D eigenvalue weighted by atomic mass is 10.2. The molecule has 0 saturated heterocycles. The van der Waals surface area contributed by atoms with Crippen LogP contribution in [0.3, 0.4) is 0 Å². The van der Waals surface area contributed by atoms with Gasteiger partial charge in [-0.1, -0.05) is 12.5 Å². The quantitative estimate of drug-likeness (QED) is 0.583. The summed E-state index contributed by atoms with van der Waals surface area (Å²) >= 11 is 0. The molecule has 0 aromatic rings. The zero-order chi connectivity index (χ0) is 6.57. The highest BCUT2D eigenvalue weighted by Gasteiger charge is 1.81. The summed E-state index contributed by atoms with van der Waals surface area (Å²) in [6, 6.07) is 0. The van der Waals surface area contributed by atoms with Crippen molar-refractivity contribution in [2.45, 2.75) is 20.3 Å². The van der Waals surface area contributed by atoms with Crippen molar-refractivity contribution in [2.24, 2.45) is 0 Å². The average Bonchev–Trinajstić information content (AvgIpc) is 1.65. The predicted octanol–water partition coefficient (Wildman–Crippen LogP) is 2.28. The standard InChI is InChI=1S/C7H15N.ClH/c1-5-7(2)6-8(3)4;/h6H,5H2,1-4H3;1H. The molecule has 0 amide bonds. The molecular weight excluding hydrogens is 134 g/mol. The van der Waals surface area contributed by atoms with E-state index in [4.69, 9.17) is 0 Å². The van der Waals surface area contributed by atoms with Crippen LogP contribution in [0.15, 0.2) is 11.8 Å². The lowest BCUT2D eigenvalue weighted by Crippen LogP contribution is -2.01. The molecule has 0 aromatic heterocycles. The first kappa shape index (κ1) is 11.6. The maximum absolute atomic E-state index is 2.16. The monoisotopic (exact) mass is 149 g/mol. The Labute approximate surface area is 64.2 Å². The van der Waals surface area contributed by atoms with Gasteiger partial charge in [0, 0.05) is 14.1 Å². The van der Waals surface area contributed by atoms with Crippen molar-refractivity contribution in [3.8, 4) is 0 Å². The minimum absolute atomic E-state index is 0. The molecule has 56 valence electrons. The van der Waals surface area contributed by atoms with E-state index in [1.54, 1.807) is 0 Å². The molecular formula is C7H16ClN. The van der Waals surface area contributed by atoms with E-state index in [-0.39, 0.29) is 12.4 Å². The zero-order valence-electron chi connectivity index (χ0n) is 6.64. The Morgan fingerprint density at radius 1 is 1.44 bits per heavy atom. The van der Waals surface area contributed by atoms with Gasteiger partial charge in [0.2, 0.25) is 0 Å². The molecule has 2 heteroatoms. The number of halogens is 1. The molecule has 0 unspecified atom stereocenters. The number of hydrogen-bond acceptors (Lipinski definition) is 1. The highest BCUT2D eigenvalue weighted by molar-refractivity contribution is 5.85. The minimum Gasteiger partial charge on any atom is -0.384 e. The molecule has 0 atom stereocenters. The molecule has 0 saturated carbocycles. The number of rotatable bonds is 2. The Bertz CT molecular complexity index is 86.9. The topological polar surface area (TPSA) is 3.24 Å². The third-order valence-corrected chi connectivity index (χ3v) is 1.04. The van der Waals surface area contributed by atoms with E-state index in [2.05, 4.69) is 24.9 Å². The summed E-state index contributed by atoms with van der Waals surface area (Å²) in [4.78, 5) is 2.07. The summed E-state index contributed by atoms with van der Waals surface area (Å²) in [5, 5.41) is 0. The molecule has 0 spiro atoms. The van der Waals surface area contributed by atoms with E-state index in [0.717, 1.165) is 6.42 Å². The van der Waals surface area contributed by atoms with Crippen LogP contribution in [-0.4, -0.2) is 19.0 Å². The molecule has 0 heterocycles. The molecule has 0 aliphatic rings. The van der Waals surface area contributed by atoms with E-state index in [9.17, 15) is 0 Å². The number of nitrogens with zero attached hydrogens (tertiary/aromatic N) is 1. The van der Waals surface area contributed by atoms with Gasteiger partial charge < -0.3 is 4.90 Å². The van der Waals surface area contributed by atoms with Crippen molar-refractivity contribution < 1.29 is 0 Å². The van der Waals surface area contributed by atoms with Gasteiger partial charge in [0.15, 0.2) is 0 Å². The Morgan fingerprint density at radius 3 is 2.00 bits per heavy atom. The summed E-state index contributed by atoms with van der Waals surface area (Å²) in [6.45, 7) is 4.30. The van der Waals surface area contributed by atoms with Crippen molar-refractivity contribution in [2.75, 3.05) is 14.1 Å². The van der Waals surface area contributed by atoms with E-state index in [0.29, 0.717) is 0 Å². The fourth-order valence-corrected chi connectivity index (χ4v) is 0.532. The Morgan fingerprint density at radius 2 is 1.89 bits per heavy atom. The van der Waals surface area contributed by atoms with Gasteiger partial charge in [0.05, 0.1) is 0 Å². The van der Waals surface area contributed by atoms with E-state index >= 15 is 0 Å². The van der Waals surface area contributed by atoms with Crippen LogP contribution in [0.25, 0.3) is 0 Å². The molecule has 0 radical (unpaired) electrons. The zero-order valence-corrected chi connectivity index (χ0v) is 7.46. The average molecular weight is 150 g/mol. The molecule has 0 rings (SSSR count). The van der Waals surface area contributed by atoms with E-state index in [1.807, 2.05) is 14.1 Å².